The van der Waals surface area contributed by atoms with Crippen molar-refractivity contribution in [2.24, 2.45) is 0 Å². The van der Waals surface area contributed by atoms with Gasteiger partial charge >= 0.3 is 6.03 Å². The van der Waals surface area contributed by atoms with Gasteiger partial charge in [0.05, 0.1) is 12.8 Å². The second kappa shape index (κ2) is 8.79. The van der Waals surface area contributed by atoms with Crippen molar-refractivity contribution in [3.63, 3.8) is 0 Å². The maximum atomic E-state index is 12.7. The van der Waals surface area contributed by atoms with E-state index in [9.17, 15) is 4.79 Å². The third-order valence-corrected chi connectivity index (χ3v) is 5.86. The van der Waals surface area contributed by atoms with Crippen LogP contribution in [-0.2, 0) is 0 Å². The Bertz CT molecular complexity index is 1040. The molecule has 1 aliphatic heterocycles. The highest BCUT2D eigenvalue weighted by molar-refractivity contribution is 6.31. The number of urea groups is 1. The first-order valence-electron chi connectivity index (χ1n) is 10.1. The molecule has 2 N–H and O–H groups in total. The number of aryl methyl sites for hydroxylation is 1. The van der Waals surface area contributed by atoms with Gasteiger partial charge in [0.1, 0.15) is 5.75 Å². The average molecular weight is 425 g/mol. The van der Waals surface area contributed by atoms with E-state index in [1.54, 1.807) is 13.2 Å². The minimum atomic E-state index is -0.0829. The number of hydrogen-bond donors (Lipinski definition) is 2. The predicted octanol–water partition coefficient (Wildman–Crippen LogP) is 5.46. The van der Waals surface area contributed by atoms with Gasteiger partial charge in [-0.3, -0.25) is 5.10 Å². The molecule has 30 heavy (non-hydrogen) atoms. The molecule has 2 amide bonds. The summed E-state index contributed by atoms with van der Waals surface area (Å²) in [5.74, 6) is 1.17. The van der Waals surface area contributed by atoms with Crippen molar-refractivity contribution in [3.05, 3.63) is 64.8 Å². The summed E-state index contributed by atoms with van der Waals surface area (Å²) >= 11 is 6.05. The lowest BCUT2D eigenvalue weighted by molar-refractivity contribution is 0.194. The minimum absolute atomic E-state index is 0.0829. The fourth-order valence-electron chi connectivity index (χ4n) is 3.79. The van der Waals surface area contributed by atoms with Gasteiger partial charge in [0.2, 0.25) is 0 Å². The molecule has 1 saturated heterocycles. The summed E-state index contributed by atoms with van der Waals surface area (Å²) in [5, 5.41) is 11.3. The number of methoxy groups -OCH3 is 1. The summed E-state index contributed by atoms with van der Waals surface area (Å²) in [7, 11) is 1.66. The summed E-state index contributed by atoms with van der Waals surface area (Å²) < 4.78 is 5.30. The number of nitrogens with one attached hydrogen (secondary N) is 2. The van der Waals surface area contributed by atoms with Crippen LogP contribution in [0, 0.1) is 6.92 Å². The molecule has 0 atom stereocenters. The van der Waals surface area contributed by atoms with Crippen LogP contribution in [0.5, 0.6) is 5.75 Å². The van der Waals surface area contributed by atoms with Crippen LogP contribution in [0.25, 0.3) is 11.3 Å². The number of carbonyl (C=O) groups excluding carboxylic acids is 1. The third-order valence-electron chi connectivity index (χ3n) is 5.63. The van der Waals surface area contributed by atoms with E-state index in [2.05, 4.69) is 21.6 Å². The number of anilines is 1. The second-order valence-electron chi connectivity index (χ2n) is 7.59. The van der Waals surface area contributed by atoms with Gasteiger partial charge in [-0.1, -0.05) is 29.8 Å². The molecule has 1 aliphatic rings. The zero-order valence-corrected chi connectivity index (χ0v) is 17.9. The molecule has 6 nitrogen and oxygen atoms in total. The predicted molar refractivity (Wildman–Crippen MR) is 119 cm³/mol. The molecule has 0 radical (unpaired) electrons. The molecular weight excluding hydrogens is 400 g/mol. The molecule has 3 aromatic rings. The molecular formula is C23H25ClN4O2. The Morgan fingerprint density at radius 1 is 1.20 bits per heavy atom. The van der Waals surface area contributed by atoms with Crippen LogP contribution in [0.4, 0.5) is 10.5 Å². The summed E-state index contributed by atoms with van der Waals surface area (Å²) in [4.78, 5) is 14.5. The molecule has 0 unspecified atom stereocenters. The summed E-state index contributed by atoms with van der Waals surface area (Å²) in [5.41, 5.74) is 4.78. The molecule has 0 saturated carbocycles. The summed E-state index contributed by atoms with van der Waals surface area (Å²) in [6.45, 7) is 3.35. The average Bonchev–Trinajstić information content (AvgIpc) is 3.27. The fourth-order valence-corrected chi connectivity index (χ4v) is 3.96. The Hall–Kier alpha value is -2.99. The van der Waals surface area contributed by atoms with Crippen molar-refractivity contribution >= 4 is 23.3 Å². The molecule has 1 aromatic heterocycles. The van der Waals surface area contributed by atoms with Crippen LogP contribution in [0.15, 0.2) is 48.5 Å². The Labute approximate surface area is 181 Å². The Morgan fingerprint density at radius 2 is 2.00 bits per heavy atom. The smallest absolute Gasteiger partial charge is 0.321 e. The number of ether oxygens (including phenoxy) is 1. The van der Waals surface area contributed by atoms with E-state index in [-0.39, 0.29) is 6.03 Å². The summed E-state index contributed by atoms with van der Waals surface area (Å²) in [6, 6.07) is 15.4. The minimum Gasteiger partial charge on any atom is -0.497 e. The van der Waals surface area contributed by atoms with Crippen LogP contribution in [0.3, 0.4) is 0 Å². The summed E-state index contributed by atoms with van der Waals surface area (Å²) in [6.07, 6.45) is 1.78. The SMILES string of the molecule is COc1cccc(-c2cc(C3CCN(C(=O)Nc4cc(Cl)ccc4C)CC3)[nH]n2)c1. The topological polar surface area (TPSA) is 70.2 Å². The lowest BCUT2D eigenvalue weighted by Crippen LogP contribution is -2.40. The number of nitrogens with zero attached hydrogens (tertiary/aromatic N) is 2. The number of halogens is 1. The van der Waals surface area contributed by atoms with Crippen LogP contribution in [-0.4, -0.2) is 41.3 Å². The maximum Gasteiger partial charge on any atom is 0.321 e. The van der Waals surface area contributed by atoms with Crippen molar-refractivity contribution in [1.82, 2.24) is 15.1 Å². The zero-order chi connectivity index (χ0) is 21.1. The molecule has 0 spiro atoms. The van der Waals surface area contributed by atoms with Crippen molar-refractivity contribution < 1.29 is 9.53 Å². The Kier molecular flexibility index (Phi) is 5.95. The molecule has 1 fully saturated rings. The van der Waals surface area contributed by atoms with Gasteiger partial charge in [-0.15, -0.1) is 0 Å². The van der Waals surface area contributed by atoms with E-state index in [4.69, 9.17) is 16.3 Å². The highest BCUT2D eigenvalue weighted by Gasteiger charge is 2.25. The standard InChI is InChI=1S/C23H25ClN4O2/c1-15-6-7-18(24)13-20(15)25-23(29)28-10-8-16(9-11-28)21-14-22(27-26-21)17-4-3-5-19(12-17)30-2/h3-7,12-14,16H,8-11H2,1-2H3,(H,25,29)(H,26,27). The highest BCUT2D eigenvalue weighted by atomic mass is 35.5. The largest absolute Gasteiger partial charge is 0.497 e. The number of aromatic amines is 1. The fraction of sp³-hybridized carbons (Fsp3) is 0.304. The molecule has 0 bridgehead atoms. The lowest BCUT2D eigenvalue weighted by Gasteiger charge is -2.31. The van der Waals surface area contributed by atoms with E-state index >= 15 is 0 Å². The number of H-pyrrole nitrogens is 1. The monoisotopic (exact) mass is 424 g/mol. The van der Waals surface area contributed by atoms with Crippen molar-refractivity contribution in [3.8, 4) is 17.0 Å². The van der Waals surface area contributed by atoms with Gasteiger partial charge in [-0.05, 0) is 55.7 Å². The number of aromatic nitrogens is 2. The van der Waals surface area contributed by atoms with Gasteiger partial charge in [0.25, 0.3) is 0 Å². The van der Waals surface area contributed by atoms with E-state index in [1.807, 2.05) is 48.2 Å². The third kappa shape index (κ3) is 4.44. The molecule has 4 rings (SSSR count). The Balaban J connectivity index is 1.37. The first-order valence-corrected chi connectivity index (χ1v) is 10.4. The number of hydrogen-bond acceptors (Lipinski definition) is 3. The zero-order valence-electron chi connectivity index (χ0n) is 17.1. The number of amides is 2. The van der Waals surface area contributed by atoms with Crippen LogP contribution >= 0.6 is 11.6 Å². The van der Waals surface area contributed by atoms with Crippen molar-refractivity contribution in [1.29, 1.82) is 0 Å². The maximum absolute atomic E-state index is 12.7. The normalized spacial score (nSPS) is 14.6. The molecule has 156 valence electrons. The van der Waals surface area contributed by atoms with Gasteiger partial charge in [-0.2, -0.15) is 5.10 Å². The molecule has 0 aliphatic carbocycles. The lowest BCUT2D eigenvalue weighted by atomic mass is 9.93. The van der Waals surface area contributed by atoms with Crippen molar-refractivity contribution in [2.45, 2.75) is 25.7 Å². The van der Waals surface area contributed by atoms with E-state index in [0.717, 1.165) is 46.8 Å². The van der Waals surface area contributed by atoms with E-state index in [0.29, 0.717) is 24.0 Å². The van der Waals surface area contributed by atoms with Crippen LogP contribution in [0.2, 0.25) is 5.02 Å². The Morgan fingerprint density at radius 3 is 2.77 bits per heavy atom. The number of carbonyl (C=O) groups is 1. The van der Waals surface area contributed by atoms with E-state index < -0.39 is 0 Å². The quantitative estimate of drug-likeness (QED) is 0.584. The van der Waals surface area contributed by atoms with Crippen LogP contribution < -0.4 is 10.1 Å². The van der Waals surface area contributed by atoms with E-state index in [1.165, 1.54) is 0 Å². The van der Waals surface area contributed by atoms with Crippen LogP contribution in [0.1, 0.15) is 30.0 Å². The second-order valence-corrected chi connectivity index (χ2v) is 8.03. The molecule has 2 aromatic carbocycles. The highest BCUT2D eigenvalue weighted by Crippen LogP contribution is 2.30. The number of likely N-dealkylation sites (tertiary alicyclic amines) is 1. The van der Waals surface area contributed by atoms with Gasteiger partial charge < -0.3 is 15.0 Å². The number of piperidine rings is 1. The molecule has 7 heteroatoms. The van der Waals surface area contributed by atoms with Gasteiger partial charge in [0, 0.05) is 41.0 Å². The van der Waals surface area contributed by atoms with Crippen molar-refractivity contribution in [2.75, 3.05) is 25.5 Å². The number of benzene rings is 2. The van der Waals surface area contributed by atoms with Gasteiger partial charge in [0.15, 0.2) is 0 Å². The van der Waals surface area contributed by atoms with Gasteiger partial charge in [-0.25, -0.2) is 4.79 Å². The molecule has 2 heterocycles. The first-order chi connectivity index (χ1) is 14.5. The first kappa shape index (κ1) is 20.3. The number of rotatable bonds is 4.